The van der Waals surface area contributed by atoms with Crippen LogP contribution < -0.4 is 5.73 Å². The SMILES string of the molecule is CC(=O)CN.CCCC(CCC)C(C)CCN(CC)CC(=O)O. The monoisotopic (exact) mass is 330 g/mol. The van der Waals surface area contributed by atoms with Crippen LogP contribution in [-0.4, -0.2) is 47.9 Å². The molecule has 0 spiro atoms. The van der Waals surface area contributed by atoms with Crippen molar-refractivity contribution in [2.75, 3.05) is 26.2 Å². The molecule has 5 nitrogen and oxygen atoms in total. The molecule has 0 saturated heterocycles. The molecule has 0 amide bonds. The van der Waals surface area contributed by atoms with Crippen LogP contribution in [0.25, 0.3) is 0 Å². The molecule has 0 bridgehead atoms. The third-order valence-corrected chi connectivity index (χ3v) is 4.12. The van der Waals surface area contributed by atoms with Gasteiger partial charge in [0, 0.05) is 0 Å². The summed E-state index contributed by atoms with van der Waals surface area (Å²) in [4.78, 5) is 22.4. The minimum absolute atomic E-state index is 0.0324. The summed E-state index contributed by atoms with van der Waals surface area (Å²) >= 11 is 0. The Bertz CT molecular complexity index is 303. The second-order valence-electron chi connectivity index (χ2n) is 6.27. The van der Waals surface area contributed by atoms with Gasteiger partial charge in [-0.1, -0.05) is 53.4 Å². The quantitative estimate of drug-likeness (QED) is 0.574. The number of carboxylic acids is 1. The lowest BCUT2D eigenvalue weighted by molar-refractivity contribution is -0.138. The Morgan fingerprint density at radius 1 is 1.09 bits per heavy atom. The average molecular weight is 331 g/mol. The lowest BCUT2D eigenvalue weighted by Gasteiger charge is -2.26. The Labute approximate surface area is 142 Å². The zero-order valence-corrected chi connectivity index (χ0v) is 15.8. The maximum atomic E-state index is 10.7. The van der Waals surface area contributed by atoms with Crippen LogP contribution in [-0.2, 0) is 9.59 Å². The summed E-state index contributed by atoms with van der Waals surface area (Å²) in [6, 6.07) is 0. The second-order valence-corrected chi connectivity index (χ2v) is 6.27. The topological polar surface area (TPSA) is 83.6 Å². The highest BCUT2D eigenvalue weighted by Crippen LogP contribution is 2.25. The Morgan fingerprint density at radius 2 is 1.57 bits per heavy atom. The average Bonchev–Trinajstić information content (AvgIpc) is 2.51. The van der Waals surface area contributed by atoms with Crippen molar-refractivity contribution in [2.24, 2.45) is 17.6 Å². The molecule has 1 unspecified atom stereocenters. The van der Waals surface area contributed by atoms with Gasteiger partial charge in [0.15, 0.2) is 0 Å². The summed E-state index contributed by atoms with van der Waals surface area (Å²) < 4.78 is 0. The maximum absolute atomic E-state index is 10.7. The number of carbonyl (C=O) groups excluding carboxylic acids is 1. The van der Waals surface area contributed by atoms with Gasteiger partial charge in [-0.3, -0.25) is 14.5 Å². The Kier molecular flexibility index (Phi) is 16.8. The van der Waals surface area contributed by atoms with Gasteiger partial charge in [-0.15, -0.1) is 0 Å². The first-order valence-electron chi connectivity index (χ1n) is 8.95. The van der Waals surface area contributed by atoms with Crippen molar-refractivity contribution in [3.05, 3.63) is 0 Å². The molecule has 0 rings (SSSR count). The molecule has 0 aromatic rings. The molecule has 0 aromatic carbocycles. The smallest absolute Gasteiger partial charge is 0.317 e. The number of hydrogen-bond donors (Lipinski definition) is 2. The summed E-state index contributed by atoms with van der Waals surface area (Å²) in [6.07, 6.45) is 6.23. The molecule has 0 heterocycles. The first-order valence-corrected chi connectivity index (χ1v) is 8.95. The van der Waals surface area contributed by atoms with Crippen molar-refractivity contribution >= 4 is 11.8 Å². The molecule has 3 N–H and O–H groups in total. The zero-order valence-electron chi connectivity index (χ0n) is 15.8. The normalized spacial score (nSPS) is 12.0. The summed E-state index contributed by atoms with van der Waals surface area (Å²) in [5.74, 6) is 0.824. The van der Waals surface area contributed by atoms with Crippen LogP contribution in [0.1, 0.15) is 66.7 Å². The van der Waals surface area contributed by atoms with Crippen LogP contribution in [0, 0.1) is 11.8 Å². The molecule has 0 fully saturated rings. The van der Waals surface area contributed by atoms with E-state index >= 15 is 0 Å². The molecule has 0 radical (unpaired) electrons. The largest absolute Gasteiger partial charge is 0.480 e. The van der Waals surface area contributed by atoms with E-state index in [1.165, 1.54) is 32.6 Å². The highest BCUT2D eigenvalue weighted by molar-refractivity contribution is 5.77. The van der Waals surface area contributed by atoms with E-state index in [2.05, 4.69) is 20.8 Å². The number of nitrogens with two attached hydrogens (primary N) is 1. The third kappa shape index (κ3) is 15.7. The third-order valence-electron chi connectivity index (χ3n) is 4.12. The lowest BCUT2D eigenvalue weighted by Crippen LogP contribution is -2.32. The van der Waals surface area contributed by atoms with Crippen molar-refractivity contribution in [3.63, 3.8) is 0 Å². The van der Waals surface area contributed by atoms with Gasteiger partial charge in [0.25, 0.3) is 0 Å². The summed E-state index contributed by atoms with van der Waals surface area (Å²) in [5.41, 5.74) is 4.82. The molecular formula is C18H38N2O3. The number of Topliss-reactive ketones (excluding diaryl/α,β-unsaturated/α-hetero) is 1. The van der Waals surface area contributed by atoms with E-state index in [9.17, 15) is 9.59 Å². The first kappa shape index (κ1) is 24.3. The number of nitrogens with zero attached hydrogens (tertiary/aromatic N) is 1. The molecule has 0 saturated carbocycles. The predicted molar refractivity (Wildman–Crippen MR) is 96.6 cm³/mol. The molecular weight excluding hydrogens is 292 g/mol. The first-order chi connectivity index (χ1) is 10.8. The molecule has 5 heteroatoms. The summed E-state index contributed by atoms with van der Waals surface area (Å²) in [5, 5.41) is 8.82. The molecule has 0 aliphatic heterocycles. The highest BCUT2D eigenvalue weighted by atomic mass is 16.4. The van der Waals surface area contributed by atoms with Gasteiger partial charge in [-0.2, -0.15) is 0 Å². The standard InChI is InChI=1S/C15H31NO2.C3H7NO/c1-5-8-14(9-6-2)13(4)10-11-16(7-3)12-15(17)18;1-3(5)2-4/h13-14H,5-12H2,1-4H3,(H,17,18);2,4H2,1H3. The predicted octanol–water partition coefficient (Wildman–Crippen LogP) is 3.17. The van der Waals surface area contributed by atoms with Crippen LogP contribution in [0.4, 0.5) is 0 Å². The van der Waals surface area contributed by atoms with E-state index in [1.54, 1.807) is 0 Å². The number of hydrogen-bond acceptors (Lipinski definition) is 4. The van der Waals surface area contributed by atoms with Crippen molar-refractivity contribution in [2.45, 2.75) is 66.7 Å². The number of aliphatic carboxylic acids is 1. The Balaban J connectivity index is 0. The van der Waals surface area contributed by atoms with E-state index in [4.69, 9.17) is 10.8 Å². The van der Waals surface area contributed by atoms with Gasteiger partial charge in [0.1, 0.15) is 5.78 Å². The minimum atomic E-state index is -0.719. The fraction of sp³-hybridized carbons (Fsp3) is 0.889. The van der Waals surface area contributed by atoms with Crippen LogP contribution >= 0.6 is 0 Å². The molecule has 0 aliphatic rings. The Morgan fingerprint density at radius 3 is 1.87 bits per heavy atom. The summed E-state index contributed by atoms with van der Waals surface area (Å²) in [7, 11) is 0. The van der Waals surface area contributed by atoms with Crippen molar-refractivity contribution in [1.82, 2.24) is 4.90 Å². The van der Waals surface area contributed by atoms with Crippen LogP contribution in [0.2, 0.25) is 0 Å². The van der Waals surface area contributed by atoms with Crippen molar-refractivity contribution in [3.8, 4) is 0 Å². The lowest BCUT2D eigenvalue weighted by atomic mass is 9.84. The molecule has 0 aliphatic carbocycles. The summed E-state index contributed by atoms with van der Waals surface area (Å²) in [6.45, 7) is 12.4. The number of ketones is 1. The van der Waals surface area contributed by atoms with Crippen LogP contribution in [0.3, 0.4) is 0 Å². The van der Waals surface area contributed by atoms with E-state index < -0.39 is 5.97 Å². The van der Waals surface area contributed by atoms with E-state index in [0.29, 0.717) is 5.92 Å². The molecule has 138 valence electrons. The Hall–Kier alpha value is -0.940. The van der Waals surface area contributed by atoms with Crippen LogP contribution in [0.5, 0.6) is 0 Å². The van der Waals surface area contributed by atoms with Gasteiger partial charge in [-0.05, 0) is 38.3 Å². The van der Waals surface area contributed by atoms with E-state index in [-0.39, 0.29) is 18.9 Å². The highest BCUT2D eigenvalue weighted by Gasteiger charge is 2.17. The molecule has 0 aromatic heterocycles. The molecule has 1 atom stereocenters. The number of rotatable bonds is 12. The van der Waals surface area contributed by atoms with Gasteiger partial charge < -0.3 is 10.8 Å². The molecule has 23 heavy (non-hydrogen) atoms. The number of carbonyl (C=O) groups is 2. The fourth-order valence-electron chi connectivity index (χ4n) is 2.62. The van der Waals surface area contributed by atoms with Crippen molar-refractivity contribution < 1.29 is 14.7 Å². The van der Waals surface area contributed by atoms with E-state index in [1.807, 2.05) is 11.8 Å². The van der Waals surface area contributed by atoms with Crippen LogP contribution in [0.15, 0.2) is 0 Å². The fourth-order valence-corrected chi connectivity index (χ4v) is 2.62. The van der Waals surface area contributed by atoms with Gasteiger partial charge >= 0.3 is 5.97 Å². The minimum Gasteiger partial charge on any atom is -0.480 e. The zero-order chi connectivity index (χ0) is 18.3. The van der Waals surface area contributed by atoms with Gasteiger partial charge in [-0.25, -0.2) is 0 Å². The van der Waals surface area contributed by atoms with Crippen molar-refractivity contribution in [1.29, 1.82) is 0 Å². The van der Waals surface area contributed by atoms with Gasteiger partial charge in [0.2, 0.25) is 0 Å². The second kappa shape index (κ2) is 15.9. The van der Waals surface area contributed by atoms with E-state index in [0.717, 1.165) is 25.4 Å². The van der Waals surface area contributed by atoms with Gasteiger partial charge in [0.05, 0.1) is 13.1 Å². The number of carboxylic acid groups (broad SMARTS) is 1. The number of likely N-dealkylation sites (N-methyl/N-ethyl adjacent to an activating group) is 1. The maximum Gasteiger partial charge on any atom is 0.317 e.